The lowest BCUT2D eigenvalue weighted by molar-refractivity contribution is 0.548. The topological polar surface area (TPSA) is 12.0 Å². The van der Waals surface area contributed by atoms with Crippen LogP contribution in [0.15, 0.2) is 41.8 Å². The molecule has 0 radical (unpaired) electrons. The number of nitrogens with one attached hydrogen (secondary N) is 1. The summed E-state index contributed by atoms with van der Waals surface area (Å²) < 4.78 is 0. The van der Waals surface area contributed by atoms with E-state index in [1.807, 2.05) is 11.3 Å². The Kier molecular flexibility index (Phi) is 4.35. The first-order valence-electron chi connectivity index (χ1n) is 6.06. The van der Waals surface area contributed by atoms with E-state index in [-0.39, 0.29) is 0 Å². The largest absolute Gasteiger partial charge is 0.309 e. The summed E-state index contributed by atoms with van der Waals surface area (Å²) in [6.07, 6.45) is 1.09. The van der Waals surface area contributed by atoms with Crippen LogP contribution in [0.2, 0.25) is 0 Å². The van der Waals surface area contributed by atoms with Crippen LogP contribution in [0.1, 0.15) is 22.9 Å². The van der Waals surface area contributed by atoms with E-state index in [1.165, 1.54) is 16.0 Å². The van der Waals surface area contributed by atoms with Crippen molar-refractivity contribution in [3.05, 3.63) is 57.8 Å². The molecule has 2 heteroatoms. The fourth-order valence-electron chi connectivity index (χ4n) is 1.89. The van der Waals surface area contributed by atoms with Gasteiger partial charge in [-0.3, -0.25) is 0 Å². The monoisotopic (exact) mass is 245 g/mol. The predicted octanol–water partition coefficient (Wildman–Crippen LogP) is 3.78. The second kappa shape index (κ2) is 5.99. The first-order chi connectivity index (χ1) is 8.25. The molecule has 0 fully saturated rings. The van der Waals surface area contributed by atoms with E-state index in [9.17, 15) is 0 Å². The minimum absolute atomic E-state index is 0.513. The van der Waals surface area contributed by atoms with E-state index in [2.05, 4.69) is 60.9 Å². The molecule has 0 saturated heterocycles. The summed E-state index contributed by atoms with van der Waals surface area (Å²) >= 11 is 1.84. The van der Waals surface area contributed by atoms with Crippen LogP contribution in [-0.2, 0) is 13.0 Å². The molecule has 0 aliphatic rings. The van der Waals surface area contributed by atoms with Gasteiger partial charge in [0.2, 0.25) is 0 Å². The molecular formula is C15H19NS. The van der Waals surface area contributed by atoms with Gasteiger partial charge in [-0.05, 0) is 42.8 Å². The molecule has 0 aliphatic carbocycles. The van der Waals surface area contributed by atoms with E-state index in [0.29, 0.717) is 6.04 Å². The lowest BCUT2D eigenvalue weighted by Crippen LogP contribution is -2.27. The minimum Gasteiger partial charge on any atom is -0.309 e. The zero-order chi connectivity index (χ0) is 12.1. The average Bonchev–Trinajstić information content (AvgIpc) is 2.74. The Morgan fingerprint density at radius 2 is 1.94 bits per heavy atom. The van der Waals surface area contributed by atoms with Crippen molar-refractivity contribution >= 4 is 11.3 Å². The maximum atomic E-state index is 3.58. The van der Waals surface area contributed by atoms with Gasteiger partial charge in [-0.2, -0.15) is 0 Å². The van der Waals surface area contributed by atoms with Gasteiger partial charge >= 0.3 is 0 Å². The third-order valence-corrected chi connectivity index (χ3v) is 3.99. The van der Waals surface area contributed by atoms with E-state index in [4.69, 9.17) is 0 Å². The van der Waals surface area contributed by atoms with Crippen molar-refractivity contribution in [2.75, 3.05) is 0 Å². The highest BCUT2D eigenvalue weighted by atomic mass is 32.1. The lowest BCUT2D eigenvalue weighted by atomic mass is 10.1. The fourth-order valence-corrected chi connectivity index (χ4v) is 2.75. The number of thiophene rings is 1. The van der Waals surface area contributed by atoms with Gasteiger partial charge in [0.05, 0.1) is 0 Å². The molecule has 2 aromatic rings. The van der Waals surface area contributed by atoms with Gasteiger partial charge in [-0.15, -0.1) is 11.3 Å². The molecule has 1 unspecified atom stereocenters. The van der Waals surface area contributed by atoms with Crippen LogP contribution < -0.4 is 5.32 Å². The molecule has 90 valence electrons. The van der Waals surface area contributed by atoms with Gasteiger partial charge in [0.1, 0.15) is 0 Å². The number of hydrogen-bond acceptors (Lipinski definition) is 2. The Hall–Kier alpha value is -1.12. The number of rotatable bonds is 5. The first-order valence-corrected chi connectivity index (χ1v) is 6.94. The fraction of sp³-hybridized carbons (Fsp3) is 0.333. The van der Waals surface area contributed by atoms with Crippen molar-refractivity contribution in [2.24, 2.45) is 0 Å². The third-order valence-electron chi connectivity index (χ3n) is 2.96. The van der Waals surface area contributed by atoms with Gasteiger partial charge in [0, 0.05) is 17.5 Å². The number of aryl methyl sites for hydroxylation is 1. The molecule has 1 heterocycles. The van der Waals surface area contributed by atoms with E-state index >= 15 is 0 Å². The van der Waals surface area contributed by atoms with Gasteiger partial charge in [0.15, 0.2) is 0 Å². The van der Waals surface area contributed by atoms with Crippen molar-refractivity contribution in [3.8, 4) is 0 Å². The third kappa shape index (κ3) is 3.69. The second-order valence-corrected chi connectivity index (χ2v) is 5.50. The first kappa shape index (κ1) is 12.3. The SMILES string of the molecule is Cc1ccsc1CNC(C)Cc1ccccc1. The Balaban J connectivity index is 1.82. The van der Waals surface area contributed by atoms with E-state index in [1.54, 1.807) is 0 Å². The molecule has 1 N–H and O–H groups in total. The van der Waals surface area contributed by atoms with Crippen LogP contribution in [0.5, 0.6) is 0 Å². The van der Waals surface area contributed by atoms with E-state index in [0.717, 1.165) is 13.0 Å². The van der Waals surface area contributed by atoms with Crippen LogP contribution in [0.4, 0.5) is 0 Å². The molecule has 1 nitrogen and oxygen atoms in total. The molecule has 0 spiro atoms. The summed E-state index contributed by atoms with van der Waals surface area (Å²) in [7, 11) is 0. The smallest absolute Gasteiger partial charge is 0.0304 e. The summed E-state index contributed by atoms with van der Waals surface area (Å²) in [4.78, 5) is 1.45. The van der Waals surface area contributed by atoms with Crippen molar-refractivity contribution in [1.82, 2.24) is 5.32 Å². The molecule has 17 heavy (non-hydrogen) atoms. The van der Waals surface area contributed by atoms with Crippen molar-refractivity contribution in [3.63, 3.8) is 0 Å². The quantitative estimate of drug-likeness (QED) is 0.845. The molecule has 2 rings (SSSR count). The van der Waals surface area contributed by atoms with Crippen molar-refractivity contribution in [1.29, 1.82) is 0 Å². The predicted molar refractivity (Wildman–Crippen MR) is 75.5 cm³/mol. The highest BCUT2D eigenvalue weighted by Crippen LogP contribution is 2.15. The Morgan fingerprint density at radius 1 is 1.18 bits per heavy atom. The maximum Gasteiger partial charge on any atom is 0.0304 e. The lowest BCUT2D eigenvalue weighted by Gasteiger charge is -2.13. The van der Waals surface area contributed by atoms with Crippen molar-refractivity contribution in [2.45, 2.75) is 32.9 Å². The molecule has 0 bridgehead atoms. The summed E-state index contributed by atoms with van der Waals surface area (Å²) in [5, 5.41) is 5.75. The van der Waals surface area contributed by atoms with Crippen molar-refractivity contribution < 1.29 is 0 Å². The minimum atomic E-state index is 0.513. The summed E-state index contributed by atoms with van der Waals surface area (Å²) in [5.41, 5.74) is 2.80. The molecule has 1 atom stereocenters. The van der Waals surface area contributed by atoms with E-state index < -0.39 is 0 Å². The molecule has 1 aromatic heterocycles. The molecule has 1 aromatic carbocycles. The van der Waals surface area contributed by atoms with Crippen LogP contribution in [-0.4, -0.2) is 6.04 Å². The number of hydrogen-bond donors (Lipinski definition) is 1. The van der Waals surface area contributed by atoms with Gasteiger partial charge in [0.25, 0.3) is 0 Å². The van der Waals surface area contributed by atoms with Gasteiger partial charge in [-0.25, -0.2) is 0 Å². The summed E-state index contributed by atoms with van der Waals surface area (Å²) in [6.45, 7) is 5.41. The molecule has 0 saturated carbocycles. The highest BCUT2D eigenvalue weighted by molar-refractivity contribution is 7.10. The zero-order valence-corrected chi connectivity index (χ0v) is 11.3. The average molecular weight is 245 g/mol. The normalized spacial score (nSPS) is 12.6. The van der Waals surface area contributed by atoms with Crippen LogP contribution in [0, 0.1) is 6.92 Å². The molecule has 0 aliphatic heterocycles. The standard InChI is InChI=1S/C15H19NS/c1-12-8-9-17-15(12)11-16-13(2)10-14-6-4-3-5-7-14/h3-9,13,16H,10-11H2,1-2H3. The molecule has 0 amide bonds. The summed E-state index contributed by atoms with van der Waals surface area (Å²) in [5.74, 6) is 0. The van der Waals surface area contributed by atoms with Gasteiger partial charge in [-0.1, -0.05) is 30.3 Å². The highest BCUT2D eigenvalue weighted by Gasteiger charge is 2.04. The van der Waals surface area contributed by atoms with Gasteiger partial charge < -0.3 is 5.32 Å². The zero-order valence-electron chi connectivity index (χ0n) is 10.4. The Morgan fingerprint density at radius 3 is 2.59 bits per heavy atom. The van der Waals surface area contributed by atoms with Crippen LogP contribution >= 0.6 is 11.3 Å². The molecular weight excluding hydrogens is 226 g/mol. The van der Waals surface area contributed by atoms with Crippen LogP contribution in [0.25, 0.3) is 0 Å². The summed E-state index contributed by atoms with van der Waals surface area (Å²) in [6, 6.07) is 13.3. The number of benzene rings is 1. The second-order valence-electron chi connectivity index (χ2n) is 4.50. The van der Waals surface area contributed by atoms with Crippen LogP contribution in [0.3, 0.4) is 0 Å². The Bertz CT molecular complexity index is 447. The maximum absolute atomic E-state index is 3.58. The Labute approximate surface area is 108 Å².